The molecule has 1 amide bonds. The molecule has 0 bridgehead atoms. The quantitative estimate of drug-likeness (QED) is 0.629. The third-order valence-electron chi connectivity index (χ3n) is 2.80. The van der Waals surface area contributed by atoms with Gasteiger partial charge in [-0.25, -0.2) is 0 Å². The number of amides is 1. The van der Waals surface area contributed by atoms with Gasteiger partial charge in [-0.1, -0.05) is 26.8 Å². The highest BCUT2D eigenvalue weighted by Crippen LogP contribution is 2.15. The molecule has 0 aromatic carbocycles. The highest BCUT2D eigenvalue weighted by Gasteiger charge is 2.17. The van der Waals surface area contributed by atoms with Crippen molar-refractivity contribution in [2.75, 3.05) is 19.6 Å². The van der Waals surface area contributed by atoms with Gasteiger partial charge in [0, 0.05) is 19.5 Å². The summed E-state index contributed by atoms with van der Waals surface area (Å²) in [5, 5.41) is 0. The van der Waals surface area contributed by atoms with Gasteiger partial charge in [0.25, 0.3) is 0 Å². The number of carbonyl (C=O) groups excluding carboxylic acids is 1. The SMILES string of the molecule is C=CCN(CCC)C(=O)CC(CN)CC(C)C. The van der Waals surface area contributed by atoms with Crippen molar-refractivity contribution in [2.45, 2.75) is 40.0 Å². The largest absolute Gasteiger partial charge is 0.339 e. The van der Waals surface area contributed by atoms with E-state index < -0.39 is 0 Å². The van der Waals surface area contributed by atoms with Gasteiger partial charge in [0.2, 0.25) is 5.91 Å². The molecule has 0 aliphatic carbocycles. The van der Waals surface area contributed by atoms with Crippen LogP contribution in [0, 0.1) is 11.8 Å². The van der Waals surface area contributed by atoms with Crippen molar-refractivity contribution in [3.63, 3.8) is 0 Å². The normalized spacial score (nSPS) is 12.5. The molecule has 3 heteroatoms. The molecule has 0 rings (SSSR count). The fourth-order valence-electron chi connectivity index (χ4n) is 2.05. The van der Waals surface area contributed by atoms with Gasteiger partial charge in [-0.15, -0.1) is 6.58 Å². The smallest absolute Gasteiger partial charge is 0.223 e. The first-order valence-corrected chi connectivity index (χ1v) is 6.63. The Balaban J connectivity index is 4.29. The lowest BCUT2D eigenvalue weighted by molar-refractivity contribution is -0.131. The van der Waals surface area contributed by atoms with Crippen LogP contribution in [0.1, 0.15) is 40.0 Å². The predicted molar refractivity (Wildman–Crippen MR) is 73.7 cm³/mol. The molecule has 0 saturated carbocycles. The van der Waals surface area contributed by atoms with Crippen LogP contribution < -0.4 is 5.73 Å². The van der Waals surface area contributed by atoms with Crippen molar-refractivity contribution < 1.29 is 4.79 Å². The fraction of sp³-hybridized carbons (Fsp3) is 0.786. The Morgan fingerprint density at radius 3 is 2.53 bits per heavy atom. The van der Waals surface area contributed by atoms with Gasteiger partial charge >= 0.3 is 0 Å². The lowest BCUT2D eigenvalue weighted by atomic mass is 9.94. The fourth-order valence-corrected chi connectivity index (χ4v) is 2.05. The summed E-state index contributed by atoms with van der Waals surface area (Å²) in [6.45, 7) is 12.2. The standard InChI is InChI=1S/C14H28N2O/c1-5-7-16(8-6-2)14(17)10-13(11-15)9-12(3)4/h5,12-13H,1,6-11,15H2,2-4H3. The van der Waals surface area contributed by atoms with E-state index in [1.54, 1.807) is 6.08 Å². The van der Waals surface area contributed by atoms with Crippen molar-refractivity contribution in [2.24, 2.45) is 17.6 Å². The third-order valence-corrected chi connectivity index (χ3v) is 2.80. The monoisotopic (exact) mass is 240 g/mol. The Morgan fingerprint density at radius 1 is 1.47 bits per heavy atom. The van der Waals surface area contributed by atoms with Crippen molar-refractivity contribution in [1.29, 1.82) is 0 Å². The summed E-state index contributed by atoms with van der Waals surface area (Å²) in [5.74, 6) is 1.12. The van der Waals surface area contributed by atoms with E-state index in [1.165, 1.54) is 0 Å². The second-order valence-corrected chi connectivity index (χ2v) is 5.06. The van der Waals surface area contributed by atoms with E-state index in [-0.39, 0.29) is 5.91 Å². The van der Waals surface area contributed by atoms with Crippen LogP contribution in [-0.4, -0.2) is 30.4 Å². The van der Waals surface area contributed by atoms with Gasteiger partial charge in [0.05, 0.1) is 0 Å². The van der Waals surface area contributed by atoms with Crippen LogP contribution in [0.15, 0.2) is 12.7 Å². The van der Waals surface area contributed by atoms with Crippen molar-refractivity contribution in [1.82, 2.24) is 4.90 Å². The lowest BCUT2D eigenvalue weighted by Gasteiger charge is -2.24. The van der Waals surface area contributed by atoms with Crippen LogP contribution in [0.25, 0.3) is 0 Å². The van der Waals surface area contributed by atoms with Gasteiger partial charge in [0.15, 0.2) is 0 Å². The molecule has 0 spiro atoms. The minimum atomic E-state index is 0.211. The molecule has 0 aliphatic rings. The Kier molecular flexibility index (Phi) is 8.78. The molecule has 0 aromatic rings. The third kappa shape index (κ3) is 7.16. The van der Waals surface area contributed by atoms with Crippen LogP contribution >= 0.6 is 0 Å². The Labute approximate surface area is 106 Å². The minimum Gasteiger partial charge on any atom is -0.339 e. The molecule has 2 N–H and O–H groups in total. The van der Waals surface area contributed by atoms with Crippen molar-refractivity contribution in [3.8, 4) is 0 Å². The second-order valence-electron chi connectivity index (χ2n) is 5.06. The van der Waals surface area contributed by atoms with Gasteiger partial charge in [-0.2, -0.15) is 0 Å². The van der Waals surface area contributed by atoms with Gasteiger partial charge < -0.3 is 10.6 Å². The summed E-state index contributed by atoms with van der Waals surface area (Å²) in [6, 6.07) is 0. The Bertz CT molecular complexity index is 226. The average Bonchev–Trinajstić information content (AvgIpc) is 2.27. The summed E-state index contributed by atoms with van der Waals surface area (Å²) < 4.78 is 0. The number of hydrogen-bond acceptors (Lipinski definition) is 2. The molecule has 0 aromatic heterocycles. The van der Waals surface area contributed by atoms with E-state index in [2.05, 4.69) is 27.4 Å². The summed E-state index contributed by atoms with van der Waals surface area (Å²) >= 11 is 0. The maximum absolute atomic E-state index is 12.1. The van der Waals surface area contributed by atoms with Crippen molar-refractivity contribution >= 4 is 5.91 Å². The molecule has 0 saturated heterocycles. The highest BCUT2D eigenvalue weighted by atomic mass is 16.2. The summed E-state index contributed by atoms with van der Waals surface area (Å²) in [6.07, 6.45) is 4.36. The Morgan fingerprint density at radius 2 is 2.12 bits per heavy atom. The zero-order chi connectivity index (χ0) is 13.3. The average molecular weight is 240 g/mol. The summed E-state index contributed by atoms with van der Waals surface area (Å²) in [4.78, 5) is 14.0. The second kappa shape index (κ2) is 9.23. The molecule has 100 valence electrons. The number of rotatable bonds is 9. The molecular weight excluding hydrogens is 212 g/mol. The molecule has 1 unspecified atom stereocenters. The van der Waals surface area contributed by atoms with E-state index in [0.717, 1.165) is 19.4 Å². The molecule has 1 atom stereocenters. The Hall–Kier alpha value is -0.830. The maximum Gasteiger partial charge on any atom is 0.223 e. The first-order chi connectivity index (χ1) is 8.04. The van der Waals surface area contributed by atoms with E-state index in [1.807, 2.05) is 4.90 Å². The van der Waals surface area contributed by atoms with Crippen LogP contribution in [-0.2, 0) is 4.79 Å². The highest BCUT2D eigenvalue weighted by molar-refractivity contribution is 5.76. The molecule has 0 fully saturated rings. The molecule has 3 nitrogen and oxygen atoms in total. The van der Waals surface area contributed by atoms with Gasteiger partial charge in [-0.05, 0) is 31.2 Å². The molecule has 0 heterocycles. The van der Waals surface area contributed by atoms with Crippen LogP contribution in [0.2, 0.25) is 0 Å². The van der Waals surface area contributed by atoms with Crippen LogP contribution in [0.3, 0.4) is 0 Å². The first kappa shape index (κ1) is 16.2. The number of hydrogen-bond donors (Lipinski definition) is 1. The number of nitrogens with two attached hydrogens (primary N) is 1. The minimum absolute atomic E-state index is 0.211. The summed E-state index contributed by atoms with van der Waals surface area (Å²) in [7, 11) is 0. The topological polar surface area (TPSA) is 46.3 Å². The molecule has 0 aliphatic heterocycles. The molecule has 17 heavy (non-hydrogen) atoms. The van der Waals surface area contributed by atoms with Crippen LogP contribution in [0.4, 0.5) is 0 Å². The van der Waals surface area contributed by atoms with Gasteiger partial charge in [-0.3, -0.25) is 4.79 Å². The van der Waals surface area contributed by atoms with Crippen LogP contribution in [0.5, 0.6) is 0 Å². The zero-order valence-corrected chi connectivity index (χ0v) is 11.6. The first-order valence-electron chi connectivity index (χ1n) is 6.63. The summed E-state index contributed by atoms with van der Waals surface area (Å²) in [5.41, 5.74) is 5.73. The van der Waals surface area contributed by atoms with E-state index in [0.29, 0.717) is 31.3 Å². The number of carbonyl (C=O) groups is 1. The lowest BCUT2D eigenvalue weighted by Crippen LogP contribution is -2.34. The maximum atomic E-state index is 12.1. The van der Waals surface area contributed by atoms with E-state index in [9.17, 15) is 4.79 Å². The van der Waals surface area contributed by atoms with Gasteiger partial charge in [0.1, 0.15) is 0 Å². The van der Waals surface area contributed by atoms with E-state index >= 15 is 0 Å². The van der Waals surface area contributed by atoms with Crippen molar-refractivity contribution in [3.05, 3.63) is 12.7 Å². The predicted octanol–water partition coefficient (Wildman–Crippen LogP) is 2.42. The zero-order valence-electron chi connectivity index (χ0n) is 11.6. The number of nitrogens with zero attached hydrogens (tertiary/aromatic N) is 1. The molecular formula is C14H28N2O. The van der Waals surface area contributed by atoms with E-state index in [4.69, 9.17) is 5.73 Å². The molecule has 0 radical (unpaired) electrons.